The number of likely N-dealkylation sites (N-methyl/N-ethyl adjacent to an activating group) is 1. The number of rotatable bonds is 4. The zero-order valence-corrected chi connectivity index (χ0v) is 16.4. The van der Waals surface area contributed by atoms with Crippen molar-refractivity contribution in [3.05, 3.63) is 57.9 Å². The van der Waals surface area contributed by atoms with Gasteiger partial charge in [0.1, 0.15) is 11.5 Å². The van der Waals surface area contributed by atoms with Crippen LogP contribution in [0.15, 0.2) is 36.4 Å². The van der Waals surface area contributed by atoms with E-state index < -0.39 is 10.8 Å². The Bertz CT molecular complexity index is 1090. The number of nitrogens with zero attached hydrogens (tertiary/aromatic N) is 4. The minimum Gasteiger partial charge on any atom is -0.363 e. The topological polar surface area (TPSA) is 91.6 Å². The molecule has 0 unspecified atom stereocenters. The second kappa shape index (κ2) is 7.72. The van der Waals surface area contributed by atoms with Crippen LogP contribution in [-0.4, -0.2) is 53.9 Å². The zero-order chi connectivity index (χ0) is 20.5. The van der Waals surface area contributed by atoms with Gasteiger partial charge in [-0.3, -0.25) is 20.2 Å². The van der Waals surface area contributed by atoms with E-state index in [1.807, 2.05) is 11.9 Å². The molecule has 29 heavy (non-hydrogen) atoms. The summed E-state index contributed by atoms with van der Waals surface area (Å²) in [7, 11) is 2.01. The third-order valence-corrected chi connectivity index (χ3v) is 5.78. The van der Waals surface area contributed by atoms with E-state index in [4.69, 9.17) is 0 Å². The van der Waals surface area contributed by atoms with E-state index in [9.17, 15) is 19.3 Å². The smallest absolute Gasteiger partial charge is 0.293 e. The highest BCUT2D eigenvalue weighted by atomic mass is 32.1. The molecule has 1 saturated heterocycles. The van der Waals surface area contributed by atoms with Crippen LogP contribution in [0.5, 0.6) is 0 Å². The Morgan fingerprint density at radius 2 is 1.97 bits per heavy atom. The van der Waals surface area contributed by atoms with Crippen LogP contribution in [0, 0.1) is 15.9 Å². The van der Waals surface area contributed by atoms with Gasteiger partial charge in [0.05, 0.1) is 15.1 Å². The third kappa shape index (κ3) is 4.03. The van der Waals surface area contributed by atoms with Crippen LogP contribution in [0.2, 0.25) is 0 Å². The summed E-state index contributed by atoms with van der Waals surface area (Å²) in [6.07, 6.45) is 0. The van der Waals surface area contributed by atoms with Crippen molar-refractivity contribution in [2.24, 2.45) is 0 Å². The molecular formula is C19H18FN5O3S. The quantitative estimate of drug-likeness (QED) is 0.519. The van der Waals surface area contributed by atoms with E-state index >= 15 is 0 Å². The molecule has 0 saturated carbocycles. The summed E-state index contributed by atoms with van der Waals surface area (Å²) in [5.41, 5.74) is 1.15. The molecule has 1 N–H and O–H groups in total. The molecule has 0 atom stereocenters. The number of carbonyl (C=O) groups is 1. The molecule has 4 rings (SSSR count). The second-order valence-electron chi connectivity index (χ2n) is 6.84. The predicted molar refractivity (Wildman–Crippen MR) is 110 cm³/mol. The molecular weight excluding hydrogens is 397 g/mol. The fourth-order valence-electron chi connectivity index (χ4n) is 3.25. The van der Waals surface area contributed by atoms with Crippen LogP contribution in [0.25, 0.3) is 10.2 Å². The van der Waals surface area contributed by atoms with Gasteiger partial charge in [0, 0.05) is 37.8 Å². The summed E-state index contributed by atoms with van der Waals surface area (Å²) in [5, 5.41) is 14.6. The molecule has 0 radical (unpaired) electrons. The van der Waals surface area contributed by atoms with Gasteiger partial charge in [0.25, 0.3) is 11.6 Å². The van der Waals surface area contributed by atoms with Gasteiger partial charge in [-0.25, -0.2) is 9.37 Å². The highest BCUT2D eigenvalue weighted by molar-refractivity contribution is 7.22. The van der Waals surface area contributed by atoms with E-state index in [2.05, 4.69) is 15.2 Å². The number of aromatic nitrogens is 1. The molecule has 3 aromatic rings. The van der Waals surface area contributed by atoms with Gasteiger partial charge in [0.15, 0.2) is 5.13 Å². The summed E-state index contributed by atoms with van der Waals surface area (Å²) in [6, 6.07) is 8.66. The number of nitrogens with one attached hydrogen (secondary N) is 1. The first-order chi connectivity index (χ1) is 13.9. The predicted octanol–water partition coefficient (Wildman–Crippen LogP) is 3.35. The van der Waals surface area contributed by atoms with Crippen LogP contribution in [0.1, 0.15) is 10.4 Å². The standard InChI is InChI=1S/C19H18FN5O3S/c1-23-6-8-24(9-7-23)15-5-2-12(10-16(15)25(27)28)18(26)22-19-21-14-4-3-13(20)11-17(14)29-19/h2-5,10-11H,6-9H2,1H3,(H,21,22,26). The van der Waals surface area contributed by atoms with Gasteiger partial charge in [-0.05, 0) is 37.4 Å². The molecule has 0 spiro atoms. The molecule has 150 valence electrons. The van der Waals surface area contributed by atoms with Crippen molar-refractivity contribution >= 4 is 44.0 Å². The lowest BCUT2D eigenvalue weighted by atomic mass is 10.1. The summed E-state index contributed by atoms with van der Waals surface area (Å²) in [4.78, 5) is 32.1. The Morgan fingerprint density at radius 3 is 2.69 bits per heavy atom. The average molecular weight is 415 g/mol. The molecule has 1 aliphatic heterocycles. The average Bonchev–Trinajstić information content (AvgIpc) is 3.09. The number of carbonyl (C=O) groups excluding carboxylic acids is 1. The molecule has 0 bridgehead atoms. The van der Waals surface area contributed by atoms with Crippen LogP contribution in [0.3, 0.4) is 0 Å². The van der Waals surface area contributed by atoms with Gasteiger partial charge in [-0.15, -0.1) is 0 Å². The Hall–Kier alpha value is -3.11. The third-order valence-electron chi connectivity index (χ3n) is 4.85. The normalized spacial score (nSPS) is 14.9. The summed E-state index contributed by atoms with van der Waals surface area (Å²) < 4.78 is 13.9. The van der Waals surface area contributed by atoms with Crippen LogP contribution in [0.4, 0.5) is 20.9 Å². The van der Waals surface area contributed by atoms with Gasteiger partial charge in [0.2, 0.25) is 0 Å². The Morgan fingerprint density at radius 1 is 1.21 bits per heavy atom. The molecule has 1 fully saturated rings. The Labute approximate surface area is 169 Å². The molecule has 0 aliphatic carbocycles. The number of benzene rings is 2. The van der Waals surface area contributed by atoms with Crippen molar-refractivity contribution in [1.29, 1.82) is 0 Å². The number of nitro benzene ring substituents is 1. The molecule has 8 nitrogen and oxygen atoms in total. The SMILES string of the molecule is CN1CCN(c2ccc(C(=O)Nc3nc4ccc(F)cc4s3)cc2[N+](=O)[O-])CC1. The Balaban J connectivity index is 1.57. The number of piperazine rings is 1. The van der Waals surface area contributed by atoms with Crippen molar-refractivity contribution in [3.8, 4) is 0 Å². The fourth-order valence-corrected chi connectivity index (χ4v) is 4.13. The molecule has 1 amide bonds. The van der Waals surface area contributed by atoms with Crippen molar-refractivity contribution in [2.75, 3.05) is 43.4 Å². The molecule has 2 aromatic carbocycles. The lowest BCUT2D eigenvalue weighted by Crippen LogP contribution is -2.44. The van der Waals surface area contributed by atoms with Gasteiger partial charge >= 0.3 is 0 Å². The van der Waals surface area contributed by atoms with E-state index in [-0.39, 0.29) is 17.1 Å². The van der Waals surface area contributed by atoms with Crippen LogP contribution in [-0.2, 0) is 0 Å². The van der Waals surface area contributed by atoms with E-state index in [0.717, 1.165) is 24.4 Å². The van der Waals surface area contributed by atoms with Crippen molar-refractivity contribution < 1.29 is 14.1 Å². The summed E-state index contributed by atoms with van der Waals surface area (Å²) in [5.74, 6) is -0.883. The minimum absolute atomic E-state index is 0.103. The zero-order valence-electron chi connectivity index (χ0n) is 15.6. The largest absolute Gasteiger partial charge is 0.363 e. The summed E-state index contributed by atoms with van der Waals surface area (Å²) >= 11 is 1.14. The maximum absolute atomic E-state index is 13.3. The highest BCUT2D eigenvalue weighted by Gasteiger charge is 2.24. The molecule has 1 aliphatic rings. The number of amides is 1. The number of fused-ring (bicyclic) bond motifs is 1. The van der Waals surface area contributed by atoms with Gasteiger partial charge in [-0.2, -0.15) is 0 Å². The van der Waals surface area contributed by atoms with Crippen LogP contribution >= 0.6 is 11.3 Å². The fraction of sp³-hybridized carbons (Fsp3) is 0.263. The number of hydrogen-bond acceptors (Lipinski definition) is 7. The number of anilines is 2. The first-order valence-electron chi connectivity index (χ1n) is 9.00. The Kier molecular flexibility index (Phi) is 5.12. The van der Waals surface area contributed by atoms with Crippen molar-refractivity contribution in [1.82, 2.24) is 9.88 Å². The van der Waals surface area contributed by atoms with Gasteiger partial charge < -0.3 is 9.80 Å². The van der Waals surface area contributed by atoms with Crippen molar-refractivity contribution in [3.63, 3.8) is 0 Å². The van der Waals surface area contributed by atoms with E-state index in [1.54, 1.807) is 12.1 Å². The second-order valence-corrected chi connectivity index (χ2v) is 7.87. The molecule has 2 heterocycles. The first kappa shape index (κ1) is 19.2. The maximum Gasteiger partial charge on any atom is 0.293 e. The highest BCUT2D eigenvalue weighted by Crippen LogP contribution is 2.31. The number of nitro groups is 1. The molecule has 10 heteroatoms. The van der Waals surface area contributed by atoms with E-state index in [0.29, 0.717) is 34.1 Å². The monoisotopic (exact) mass is 415 g/mol. The lowest BCUT2D eigenvalue weighted by molar-refractivity contribution is -0.384. The lowest BCUT2D eigenvalue weighted by Gasteiger charge is -2.33. The number of thiazole rings is 1. The maximum atomic E-state index is 13.3. The summed E-state index contributed by atoms with van der Waals surface area (Å²) in [6.45, 7) is 3.01. The first-order valence-corrected chi connectivity index (χ1v) is 9.82. The van der Waals surface area contributed by atoms with Gasteiger partial charge in [-0.1, -0.05) is 11.3 Å². The van der Waals surface area contributed by atoms with Crippen molar-refractivity contribution in [2.45, 2.75) is 0 Å². The van der Waals surface area contributed by atoms with E-state index in [1.165, 1.54) is 24.3 Å². The number of hydrogen-bond donors (Lipinski definition) is 1. The minimum atomic E-state index is -0.502. The number of halogens is 1. The molecule has 1 aromatic heterocycles. The van der Waals surface area contributed by atoms with Crippen LogP contribution < -0.4 is 10.2 Å².